The third-order valence-electron chi connectivity index (χ3n) is 3.09. The van der Waals surface area contributed by atoms with E-state index < -0.39 is 0 Å². The van der Waals surface area contributed by atoms with Crippen molar-refractivity contribution in [3.63, 3.8) is 0 Å². The molecule has 22 heavy (non-hydrogen) atoms. The second kappa shape index (κ2) is 7.93. The molecule has 6 heteroatoms. The Labute approximate surface area is 144 Å². The van der Waals surface area contributed by atoms with E-state index in [2.05, 4.69) is 0 Å². The predicted molar refractivity (Wildman–Crippen MR) is 91.6 cm³/mol. The lowest BCUT2D eigenvalue weighted by Crippen LogP contribution is -2.04. The van der Waals surface area contributed by atoms with Gasteiger partial charge in [-0.15, -0.1) is 0 Å². The van der Waals surface area contributed by atoms with Crippen LogP contribution in [0.25, 0.3) is 0 Å². The number of hydrogen-bond acceptors (Lipinski definition) is 3. The van der Waals surface area contributed by atoms with Crippen LogP contribution in [0.1, 0.15) is 11.1 Å². The van der Waals surface area contributed by atoms with E-state index in [0.29, 0.717) is 39.7 Å². The summed E-state index contributed by atoms with van der Waals surface area (Å²) in [4.78, 5) is 0. The molecule has 0 radical (unpaired) electrons. The lowest BCUT2D eigenvalue weighted by molar-refractivity contribution is 0.284. The van der Waals surface area contributed by atoms with Gasteiger partial charge >= 0.3 is 0 Å². The minimum atomic E-state index is 0.309. The molecule has 0 spiro atoms. The number of rotatable bonds is 6. The predicted octanol–water partition coefficient (Wildman–Crippen LogP) is 4.74. The molecule has 0 bridgehead atoms. The van der Waals surface area contributed by atoms with Crippen molar-refractivity contribution in [3.05, 3.63) is 56.5 Å². The zero-order valence-electron chi connectivity index (χ0n) is 12.0. The van der Waals surface area contributed by atoms with Crippen LogP contribution < -0.4 is 15.2 Å². The van der Waals surface area contributed by atoms with Crippen LogP contribution in [0.2, 0.25) is 15.1 Å². The SMILES string of the molecule is COc1cc(CCN)cc(Cl)c1OCc1ccc(Cl)c(Cl)c1. The van der Waals surface area contributed by atoms with Crippen LogP contribution in [0.15, 0.2) is 30.3 Å². The molecule has 0 atom stereocenters. The molecule has 0 unspecified atom stereocenters. The summed E-state index contributed by atoms with van der Waals surface area (Å²) in [7, 11) is 1.57. The Morgan fingerprint density at radius 2 is 1.68 bits per heavy atom. The highest BCUT2D eigenvalue weighted by molar-refractivity contribution is 6.42. The maximum atomic E-state index is 6.28. The number of halogens is 3. The van der Waals surface area contributed by atoms with Crippen LogP contribution in [-0.4, -0.2) is 13.7 Å². The maximum absolute atomic E-state index is 6.28. The Kier molecular flexibility index (Phi) is 6.21. The monoisotopic (exact) mass is 359 g/mol. The molecule has 118 valence electrons. The standard InChI is InChI=1S/C16H16Cl3NO2/c1-21-15-8-10(4-5-20)6-14(19)16(15)22-9-11-2-3-12(17)13(18)7-11/h2-3,6-8H,4-5,9,20H2,1H3. The van der Waals surface area contributed by atoms with Crippen LogP contribution in [0.3, 0.4) is 0 Å². The molecule has 0 saturated heterocycles. The Morgan fingerprint density at radius 1 is 0.955 bits per heavy atom. The van der Waals surface area contributed by atoms with Crippen molar-refractivity contribution in [2.45, 2.75) is 13.0 Å². The van der Waals surface area contributed by atoms with E-state index in [4.69, 9.17) is 50.0 Å². The topological polar surface area (TPSA) is 44.5 Å². The summed E-state index contributed by atoms with van der Waals surface area (Å²) in [5.41, 5.74) is 7.46. The van der Waals surface area contributed by atoms with Gasteiger partial charge in [-0.3, -0.25) is 0 Å². The molecule has 0 aliphatic heterocycles. The Morgan fingerprint density at radius 3 is 2.32 bits per heavy atom. The molecule has 0 aliphatic carbocycles. The molecule has 0 fully saturated rings. The lowest BCUT2D eigenvalue weighted by Gasteiger charge is -2.14. The fraction of sp³-hybridized carbons (Fsp3) is 0.250. The molecule has 0 aromatic heterocycles. The zero-order chi connectivity index (χ0) is 16.1. The van der Waals surface area contributed by atoms with Crippen molar-refractivity contribution in [1.29, 1.82) is 0 Å². The summed E-state index contributed by atoms with van der Waals surface area (Å²) in [6.45, 7) is 0.853. The third-order valence-corrected chi connectivity index (χ3v) is 4.11. The van der Waals surface area contributed by atoms with Crippen LogP contribution in [0.5, 0.6) is 11.5 Å². The Bertz CT molecular complexity index is 662. The first-order chi connectivity index (χ1) is 10.5. The molecule has 0 saturated carbocycles. The average molecular weight is 361 g/mol. The van der Waals surface area contributed by atoms with Gasteiger partial charge in [0.1, 0.15) is 6.61 Å². The number of nitrogens with two attached hydrogens (primary N) is 1. The smallest absolute Gasteiger partial charge is 0.180 e. The molecule has 0 amide bonds. The van der Waals surface area contributed by atoms with Gasteiger partial charge in [0.05, 0.1) is 22.2 Å². The van der Waals surface area contributed by atoms with Gasteiger partial charge in [-0.2, -0.15) is 0 Å². The molecule has 3 nitrogen and oxygen atoms in total. The maximum Gasteiger partial charge on any atom is 0.180 e. The molecule has 2 rings (SSSR count). The van der Waals surface area contributed by atoms with Gasteiger partial charge in [-0.25, -0.2) is 0 Å². The van der Waals surface area contributed by atoms with Gasteiger partial charge in [-0.05, 0) is 48.4 Å². The first kappa shape index (κ1) is 17.2. The molecule has 0 heterocycles. The summed E-state index contributed by atoms with van der Waals surface area (Å²) < 4.78 is 11.1. The fourth-order valence-corrected chi connectivity index (χ4v) is 2.62. The molecular formula is C16H16Cl3NO2. The van der Waals surface area contributed by atoms with Crippen molar-refractivity contribution in [2.24, 2.45) is 5.73 Å². The summed E-state index contributed by atoms with van der Waals surface area (Å²) in [6, 6.07) is 9.04. The van der Waals surface area contributed by atoms with Crippen molar-refractivity contribution < 1.29 is 9.47 Å². The van der Waals surface area contributed by atoms with Crippen molar-refractivity contribution in [1.82, 2.24) is 0 Å². The number of ether oxygens (including phenoxy) is 2. The zero-order valence-corrected chi connectivity index (χ0v) is 14.3. The Balaban J connectivity index is 2.19. The molecule has 2 aromatic carbocycles. The van der Waals surface area contributed by atoms with E-state index in [0.717, 1.165) is 17.5 Å². The van der Waals surface area contributed by atoms with E-state index in [1.807, 2.05) is 18.2 Å². The number of hydrogen-bond donors (Lipinski definition) is 1. The summed E-state index contributed by atoms with van der Waals surface area (Å²) in [6.07, 6.45) is 0.725. The second-order valence-electron chi connectivity index (χ2n) is 4.68. The van der Waals surface area contributed by atoms with E-state index >= 15 is 0 Å². The van der Waals surface area contributed by atoms with Crippen molar-refractivity contribution in [2.75, 3.05) is 13.7 Å². The number of methoxy groups -OCH3 is 1. The van der Waals surface area contributed by atoms with Gasteiger partial charge in [-0.1, -0.05) is 40.9 Å². The van der Waals surface area contributed by atoms with E-state index in [1.165, 1.54) is 0 Å². The molecular weight excluding hydrogens is 345 g/mol. The summed E-state index contributed by atoms with van der Waals surface area (Å²) in [5.74, 6) is 1.08. The molecule has 2 aromatic rings. The largest absolute Gasteiger partial charge is 0.493 e. The van der Waals surface area contributed by atoms with Crippen LogP contribution in [0.4, 0.5) is 0 Å². The first-order valence-electron chi connectivity index (χ1n) is 6.68. The summed E-state index contributed by atoms with van der Waals surface area (Å²) in [5, 5.41) is 1.48. The van der Waals surface area contributed by atoms with Gasteiger partial charge in [0.15, 0.2) is 11.5 Å². The lowest BCUT2D eigenvalue weighted by atomic mass is 10.1. The summed E-state index contributed by atoms with van der Waals surface area (Å²) >= 11 is 18.2. The van der Waals surface area contributed by atoms with Crippen LogP contribution >= 0.6 is 34.8 Å². The first-order valence-corrected chi connectivity index (χ1v) is 7.81. The van der Waals surface area contributed by atoms with Gasteiger partial charge in [0, 0.05) is 0 Å². The minimum Gasteiger partial charge on any atom is -0.493 e. The van der Waals surface area contributed by atoms with E-state index in [9.17, 15) is 0 Å². The highest BCUT2D eigenvalue weighted by Crippen LogP contribution is 2.37. The third kappa shape index (κ3) is 4.20. The highest BCUT2D eigenvalue weighted by Gasteiger charge is 2.12. The normalized spacial score (nSPS) is 10.6. The van der Waals surface area contributed by atoms with Crippen molar-refractivity contribution in [3.8, 4) is 11.5 Å². The fourth-order valence-electron chi connectivity index (χ4n) is 2.01. The average Bonchev–Trinajstić information content (AvgIpc) is 2.49. The Hall–Kier alpha value is -1.13. The number of benzene rings is 2. The second-order valence-corrected chi connectivity index (χ2v) is 5.91. The van der Waals surface area contributed by atoms with Crippen LogP contribution in [-0.2, 0) is 13.0 Å². The van der Waals surface area contributed by atoms with Gasteiger partial charge in [0.25, 0.3) is 0 Å². The van der Waals surface area contributed by atoms with E-state index in [1.54, 1.807) is 19.2 Å². The van der Waals surface area contributed by atoms with Gasteiger partial charge in [0.2, 0.25) is 0 Å². The van der Waals surface area contributed by atoms with Crippen LogP contribution in [0, 0.1) is 0 Å². The quantitative estimate of drug-likeness (QED) is 0.809. The van der Waals surface area contributed by atoms with Gasteiger partial charge < -0.3 is 15.2 Å². The molecule has 2 N–H and O–H groups in total. The highest BCUT2D eigenvalue weighted by atomic mass is 35.5. The van der Waals surface area contributed by atoms with Crippen molar-refractivity contribution >= 4 is 34.8 Å². The molecule has 0 aliphatic rings. The van der Waals surface area contributed by atoms with E-state index in [-0.39, 0.29) is 0 Å². The minimum absolute atomic E-state index is 0.309.